The zero-order valence-electron chi connectivity index (χ0n) is 14.8. The highest BCUT2D eigenvalue weighted by atomic mass is 35.5. The SMILES string of the molecule is CC1(C)C(=O)N(C2[C@@H]3CC4C[C@H]2CC(O)(C4)C3)N1c1ccccc1Cl. The number of aliphatic hydroxyl groups is 1. The van der Waals surface area contributed by atoms with Crippen LogP contribution in [0.25, 0.3) is 0 Å². The maximum absolute atomic E-state index is 13.1. The fraction of sp³-hybridized carbons (Fsp3) is 0.650. The summed E-state index contributed by atoms with van der Waals surface area (Å²) in [6.45, 7) is 3.94. The predicted octanol–water partition coefficient (Wildman–Crippen LogP) is 3.62. The maximum atomic E-state index is 13.1. The standard InChI is InChI=1S/C20H25ClN2O2/c1-19(2)18(24)22(23(19)16-6-4-3-5-15(16)21)17-13-7-12-8-14(17)11-20(25,9-12)10-13/h3-6,12-14,17,25H,7-11H2,1-2H3/t12?,13-,14+,17?,20?. The van der Waals surface area contributed by atoms with Gasteiger partial charge in [0.15, 0.2) is 0 Å². The molecule has 0 radical (unpaired) electrons. The van der Waals surface area contributed by atoms with E-state index in [1.807, 2.05) is 43.1 Å². The molecule has 4 saturated carbocycles. The van der Waals surface area contributed by atoms with Crippen LogP contribution in [0.5, 0.6) is 0 Å². The third-order valence-corrected chi connectivity index (χ3v) is 7.35. The van der Waals surface area contributed by atoms with Gasteiger partial charge in [0.05, 0.1) is 22.4 Å². The molecule has 1 aliphatic heterocycles. The molecule has 1 aromatic rings. The largest absolute Gasteiger partial charge is 0.390 e. The molecule has 5 heteroatoms. The molecule has 4 aliphatic carbocycles. The number of nitrogens with zero attached hydrogens (tertiary/aromatic N) is 2. The number of rotatable bonds is 2. The van der Waals surface area contributed by atoms with Crippen molar-refractivity contribution < 1.29 is 9.90 Å². The summed E-state index contributed by atoms with van der Waals surface area (Å²) in [5.74, 6) is 1.62. The molecule has 1 saturated heterocycles. The van der Waals surface area contributed by atoms with Gasteiger partial charge in [0, 0.05) is 0 Å². The van der Waals surface area contributed by atoms with Crippen molar-refractivity contribution in [3.8, 4) is 0 Å². The first kappa shape index (κ1) is 16.0. The van der Waals surface area contributed by atoms with Crippen molar-refractivity contribution in [3.63, 3.8) is 0 Å². The second-order valence-electron chi connectivity index (χ2n) is 9.16. The molecule has 5 atom stereocenters. The fourth-order valence-corrected chi connectivity index (χ4v) is 6.57. The van der Waals surface area contributed by atoms with Crippen LogP contribution in [-0.4, -0.2) is 33.2 Å². The lowest BCUT2D eigenvalue weighted by Gasteiger charge is -2.67. The predicted molar refractivity (Wildman–Crippen MR) is 97.1 cm³/mol. The number of carbonyl (C=O) groups is 1. The monoisotopic (exact) mass is 360 g/mol. The summed E-state index contributed by atoms with van der Waals surface area (Å²) in [4.78, 5) is 13.1. The summed E-state index contributed by atoms with van der Waals surface area (Å²) < 4.78 is 0. The summed E-state index contributed by atoms with van der Waals surface area (Å²) in [5.41, 5.74) is -0.149. The van der Waals surface area contributed by atoms with Crippen LogP contribution in [0.15, 0.2) is 24.3 Å². The van der Waals surface area contributed by atoms with E-state index >= 15 is 0 Å². The topological polar surface area (TPSA) is 43.8 Å². The number of anilines is 1. The van der Waals surface area contributed by atoms with E-state index in [-0.39, 0.29) is 11.9 Å². The van der Waals surface area contributed by atoms with Crippen LogP contribution in [0.2, 0.25) is 5.02 Å². The molecule has 1 N–H and O–H groups in total. The number of hydrogen-bond acceptors (Lipinski definition) is 3. The lowest BCUT2D eigenvalue weighted by molar-refractivity contribution is -0.190. The molecule has 3 unspecified atom stereocenters. The van der Waals surface area contributed by atoms with E-state index in [0.717, 1.165) is 37.8 Å². The molecule has 6 rings (SSSR count). The second-order valence-corrected chi connectivity index (χ2v) is 9.56. The average molecular weight is 361 g/mol. The molecule has 4 nitrogen and oxygen atoms in total. The third-order valence-electron chi connectivity index (χ3n) is 7.03. The molecule has 4 bridgehead atoms. The minimum absolute atomic E-state index is 0.178. The van der Waals surface area contributed by atoms with Gasteiger partial charge in [-0.25, -0.2) is 5.01 Å². The van der Waals surface area contributed by atoms with Crippen LogP contribution in [-0.2, 0) is 4.79 Å². The van der Waals surface area contributed by atoms with Crippen molar-refractivity contribution in [1.29, 1.82) is 0 Å². The lowest BCUT2D eigenvalue weighted by atomic mass is 9.52. The van der Waals surface area contributed by atoms with Crippen LogP contribution in [0.4, 0.5) is 5.69 Å². The Kier molecular flexibility index (Phi) is 3.14. The molecule has 5 fully saturated rings. The number of hydrogen-bond donors (Lipinski definition) is 1. The lowest BCUT2D eigenvalue weighted by Crippen LogP contribution is -2.81. The van der Waals surface area contributed by atoms with Gasteiger partial charge in [0.25, 0.3) is 5.91 Å². The van der Waals surface area contributed by atoms with E-state index in [4.69, 9.17) is 11.6 Å². The molecule has 0 aromatic heterocycles. The van der Waals surface area contributed by atoms with E-state index < -0.39 is 11.1 Å². The van der Waals surface area contributed by atoms with Gasteiger partial charge in [0.2, 0.25) is 0 Å². The van der Waals surface area contributed by atoms with Crippen molar-refractivity contribution in [2.75, 3.05) is 5.01 Å². The summed E-state index contributed by atoms with van der Waals surface area (Å²) in [6, 6.07) is 7.97. The van der Waals surface area contributed by atoms with Crippen molar-refractivity contribution in [2.45, 2.75) is 63.1 Å². The van der Waals surface area contributed by atoms with E-state index in [1.165, 1.54) is 0 Å². The zero-order chi connectivity index (χ0) is 17.6. The number of carbonyl (C=O) groups excluding carboxylic acids is 1. The molecular weight excluding hydrogens is 336 g/mol. The number of hydrazine groups is 1. The van der Waals surface area contributed by atoms with Gasteiger partial charge in [-0.05, 0) is 75.8 Å². The van der Waals surface area contributed by atoms with E-state index in [1.54, 1.807) is 0 Å². The van der Waals surface area contributed by atoms with Gasteiger partial charge < -0.3 is 5.11 Å². The number of amides is 1. The maximum Gasteiger partial charge on any atom is 0.268 e. The first-order valence-electron chi connectivity index (χ1n) is 9.41. The molecule has 1 amide bonds. The Hall–Kier alpha value is -1.26. The molecule has 5 aliphatic rings. The summed E-state index contributed by atoms with van der Waals surface area (Å²) in [6.07, 6.45) is 4.92. The van der Waals surface area contributed by atoms with Crippen LogP contribution in [0, 0.1) is 17.8 Å². The van der Waals surface area contributed by atoms with E-state index in [2.05, 4.69) is 5.01 Å². The Bertz CT molecular complexity index is 733. The highest BCUT2D eigenvalue weighted by Gasteiger charge is 2.63. The molecule has 0 spiro atoms. The van der Waals surface area contributed by atoms with Gasteiger partial charge in [-0.2, -0.15) is 0 Å². The Labute approximate surface area is 153 Å². The number of halogens is 1. The molecule has 25 heavy (non-hydrogen) atoms. The second kappa shape index (κ2) is 4.92. The molecule has 1 aromatic carbocycles. The van der Waals surface area contributed by atoms with Crippen LogP contribution >= 0.6 is 11.6 Å². The average Bonchev–Trinajstić information content (AvgIpc) is 2.53. The van der Waals surface area contributed by atoms with Gasteiger partial charge >= 0.3 is 0 Å². The fourth-order valence-electron chi connectivity index (χ4n) is 6.35. The smallest absolute Gasteiger partial charge is 0.268 e. The Morgan fingerprint density at radius 2 is 1.76 bits per heavy atom. The minimum Gasteiger partial charge on any atom is -0.390 e. The van der Waals surface area contributed by atoms with Crippen molar-refractivity contribution >= 4 is 23.2 Å². The molecule has 134 valence electrons. The minimum atomic E-state index is -0.573. The highest BCUT2D eigenvalue weighted by Crippen LogP contribution is 2.59. The quantitative estimate of drug-likeness (QED) is 0.876. The number of para-hydroxylation sites is 1. The zero-order valence-corrected chi connectivity index (χ0v) is 15.5. The van der Waals surface area contributed by atoms with Gasteiger partial charge in [-0.3, -0.25) is 9.80 Å². The van der Waals surface area contributed by atoms with Crippen molar-refractivity contribution in [3.05, 3.63) is 29.3 Å². The van der Waals surface area contributed by atoms with Crippen LogP contribution in [0.3, 0.4) is 0 Å². The summed E-state index contributed by atoms with van der Waals surface area (Å²) in [5, 5.41) is 15.6. The first-order chi connectivity index (χ1) is 11.8. The Morgan fingerprint density at radius 3 is 2.36 bits per heavy atom. The van der Waals surface area contributed by atoms with E-state index in [9.17, 15) is 9.90 Å². The number of benzene rings is 1. The van der Waals surface area contributed by atoms with Crippen molar-refractivity contribution in [1.82, 2.24) is 5.01 Å². The first-order valence-corrected chi connectivity index (χ1v) is 9.79. The van der Waals surface area contributed by atoms with Gasteiger partial charge in [-0.1, -0.05) is 23.7 Å². The molecule has 1 heterocycles. The van der Waals surface area contributed by atoms with Crippen LogP contribution in [0.1, 0.15) is 46.0 Å². The normalized spacial score (nSPS) is 41.2. The van der Waals surface area contributed by atoms with Gasteiger partial charge in [-0.15, -0.1) is 0 Å². The van der Waals surface area contributed by atoms with Crippen LogP contribution < -0.4 is 5.01 Å². The highest BCUT2D eigenvalue weighted by molar-refractivity contribution is 6.33. The Morgan fingerprint density at radius 1 is 1.12 bits per heavy atom. The van der Waals surface area contributed by atoms with Crippen molar-refractivity contribution in [2.24, 2.45) is 17.8 Å². The third kappa shape index (κ3) is 2.07. The Balaban J connectivity index is 1.53. The summed E-state index contributed by atoms with van der Waals surface area (Å²) >= 11 is 6.46. The van der Waals surface area contributed by atoms with Gasteiger partial charge in [0.1, 0.15) is 5.54 Å². The van der Waals surface area contributed by atoms with E-state index in [0.29, 0.717) is 22.8 Å². The molecular formula is C20H25ClN2O2. The summed E-state index contributed by atoms with van der Waals surface area (Å²) in [7, 11) is 0.